The van der Waals surface area contributed by atoms with Gasteiger partial charge >= 0.3 is 0 Å². The maximum absolute atomic E-state index is 13.4. The Kier molecular flexibility index (Phi) is 6.43. The number of ether oxygens (including phenoxy) is 2. The Morgan fingerprint density at radius 2 is 1.19 bits per heavy atom. The molecule has 0 heterocycles. The molecule has 0 atom stereocenters. The van der Waals surface area contributed by atoms with Crippen molar-refractivity contribution in [1.29, 1.82) is 0 Å². The highest BCUT2D eigenvalue weighted by Gasteiger charge is 2.26. The van der Waals surface area contributed by atoms with Gasteiger partial charge in [0.15, 0.2) is 11.5 Å². The molecule has 1 aliphatic rings. The lowest BCUT2D eigenvalue weighted by Crippen LogP contribution is -2.02. The SMILES string of the molecule is Fc1ccc(Cc2ccc3c(c2)-c2c(ccc(OCc4ccccc4)c2OCc2ccccc2)C3)cc1. The van der Waals surface area contributed by atoms with Gasteiger partial charge in [-0.15, -0.1) is 0 Å². The van der Waals surface area contributed by atoms with Gasteiger partial charge in [0.2, 0.25) is 0 Å². The summed E-state index contributed by atoms with van der Waals surface area (Å²) in [6.07, 6.45) is 1.61. The second-order valence-corrected chi connectivity index (χ2v) is 9.45. The minimum atomic E-state index is -0.213. The summed E-state index contributed by atoms with van der Waals surface area (Å²) in [5, 5.41) is 0. The van der Waals surface area contributed by atoms with E-state index in [0.717, 1.165) is 46.6 Å². The maximum Gasteiger partial charge on any atom is 0.169 e. The highest BCUT2D eigenvalue weighted by Crippen LogP contribution is 2.48. The highest BCUT2D eigenvalue weighted by molar-refractivity contribution is 5.84. The third-order valence-electron chi connectivity index (χ3n) is 6.82. The average molecular weight is 487 g/mol. The average Bonchev–Trinajstić information content (AvgIpc) is 3.31. The second-order valence-electron chi connectivity index (χ2n) is 9.45. The number of hydrogen-bond acceptors (Lipinski definition) is 2. The molecule has 2 nitrogen and oxygen atoms in total. The Morgan fingerprint density at radius 3 is 1.89 bits per heavy atom. The van der Waals surface area contributed by atoms with Crippen molar-refractivity contribution in [1.82, 2.24) is 0 Å². The summed E-state index contributed by atoms with van der Waals surface area (Å²) in [7, 11) is 0. The van der Waals surface area contributed by atoms with Crippen molar-refractivity contribution >= 4 is 0 Å². The molecule has 5 aromatic carbocycles. The fraction of sp³-hybridized carbons (Fsp3) is 0.118. The van der Waals surface area contributed by atoms with E-state index in [1.54, 1.807) is 0 Å². The quantitative estimate of drug-likeness (QED) is 0.216. The van der Waals surface area contributed by atoms with Crippen LogP contribution in [0.15, 0.2) is 115 Å². The standard InChI is InChI=1S/C34H27FO2/c35-30-16-12-24(13-17-30)19-27-11-14-28-21-29-15-18-32(36-22-25-7-3-1-4-8-25)34(33(29)31(28)20-27)37-23-26-9-5-2-6-10-26/h1-18,20H,19,21-23H2. The van der Waals surface area contributed by atoms with Gasteiger partial charge in [0.05, 0.1) is 0 Å². The molecular weight excluding hydrogens is 459 g/mol. The zero-order valence-corrected chi connectivity index (χ0v) is 20.5. The summed E-state index contributed by atoms with van der Waals surface area (Å²) >= 11 is 0. The summed E-state index contributed by atoms with van der Waals surface area (Å²) in [5.41, 5.74) is 9.30. The van der Waals surface area contributed by atoms with Crippen LogP contribution in [0.4, 0.5) is 4.39 Å². The van der Waals surface area contributed by atoms with E-state index in [-0.39, 0.29) is 5.82 Å². The van der Waals surface area contributed by atoms with Crippen LogP contribution in [0.5, 0.6) is 11.5 Å². The van der Waals surface area contributed by atoms with E-state index in [2.05, 4.69) is 48.5 Å². The molecule has 0 radical (unpaired) electrons. The summed E-state index contributed by atoms with van der Waals surface area (Å²) in [5.74, 6) is 1.32. The van der Waals surface area contributed by atoms with Crippen LogP contribution in [0.2, 0.25) is 0 Å². The van der Waals surface area contributed by atoms with Gasteiger partial charge in [-0.25, -0.2) is 4.39 Å². The van der Waals surface area contributed by atoms with Gasteiger partial charge in [-0.3, -0.25) is 0 Å². The highest BCUT2D eigenvalue weighted by atomic mass is 19.1. The molecule has 0 aliphatic heterocycles. The van der Waals surface area contributed by atoms with E-state index in [9.17, 15) is 4.39 Å². The lowest BCUT2D eigenvalue weighted by atomic mass is 9.98. The molecule has 0 fully saturated rings. The molecule has 6 rings (SSSR count). The second kappa shape index (κ2) is 10.3. The van der Waals surface area contributed by atoms with Gasteiger partial charge in [-0.1, -0.05) is 97.1 Å². The lowest BCUT2D eigenvalue weighted by molar-refractivity contribution is 0.257. The van der Waals surface area contributed by atoms with Crippen molar-refractivity contribution in [2.75, 3.05) is 0 Å². The van der Waals surface area contributed by atoms with Gasteiger partial charge in [0.25, 0.3) is 0 Å². The molecule has 0 bridgehead atoms. The van der Waals surface area contributed by atoms with E-state index in [4.69, 9.17) is 9.47 Å². The molecule has 0 amide bonds. The molecule has 0 aromatic heterocycles. The first-order chi connectivity index (χ1) is 18.2. The van der Waals surface area contributed by atoms with Gasteiger partial charge in [-0.05, 0) is 70.0 Å². The molecular formula is C34H27FO2. The van der Waals surface area contributed by atoms with Gasteiger partial charge in [-0.2, -0.15) is 0 Å². The third kappa shape index (κ3) is 5.12. The van der Waals surface area contributed by atoms with Gasteiger partial charge in [0, 0.05) is 5.56 Å². The molecule has 37 heavy (non-hydrogen) atoms. The topological polar surface area (TPSA) is 18.5 Å². The van der Waals surface area contributed by atoms with Crippen LogP contribution in [0.1, 0.15) is 33.4 Å². The van der Waals surface area contributed by atoms with Crippen molar-refractivity contribution < 1.29 is 13.9 Å². The monoisotopic (exact) mass is 486 g/mol. The van der Waals surface area contributed by atoms with E-state index in [1.807, 2.05) is 54.6 Å². The Labute approximate surface area is 217 Å². The Morgan fingerprint density at radius 1 is 0.568 bits per heavy atom. The van der Waals surface area contributed by atoms with Crippen LogP contribution in [0.25, 0.3) is 11.1 Å². The molecule has 5 aromatic rings. The van der Waals surface area contributed by atoms with Crippen LogP contribution < -0.4 is 9.47 Å². The number of halogens is 1. The fourth-order valence-corrected chi connectivity index (χ4v) is 4.93. The normalized spacial score (nSPS) is 11.6. The van der Waals surface area contributed by atoms with Crippen LogP contribution in [-0.2, 0) is 26.1 Å². The number of benzene rings is 5. The molecule has 0 saturated carbocycles. The first kappa shape index (κ1) is 23.1. The van der Waals surface area contributed by atoms with Crippen molar-refractivity contribution in [2.45, 2.75) is 26.1 Å². The van der Waals surface area contributed by atoms with Gasteiger partial charge in [0.1, 0.15) is 19.0 Å². The molecule has 0 saturated heterocycles. The predicted molar refractivity (Wildman–Crippen MR) is 145 cm³/mol. The summed E-state index contributed by atoms with van der Waals surface area (Å²) in [6, 6.07) is 37.9. The zero-order valence-electron chi connectivity index (χ0n) is 20.5. The van der Waals surface area contributed by atoms with Crippen molar-refractivity contribution in [3.8, 4) is 22.6 Å². The molecule has 3 heteroatoms. The minimum Gasteiger partial charge on any atom is -0.485 e. The minimum absolute atomic E-state index is 0.213. The zero-order chi connectivity index (χ0) is 25.0. The molecule has 0 spiro atoms. The van der Waals surface area contributed by atoms with E-state index in [1.165, 1.54) is 34.4 Å². The van der Waals surface area contributed by atoms with Crippen LogP contribution in [0.3, 0.4) is 0 Å². The van der Waals surface area contributed by atoms with E-state index >= 15 is 0 Å². The van der Waals surface area contributed by atoms with Crippen LogP contribution >= 0.6 is 0 Å². The fourth-order valence-electron chi connectivity index (χ4n) is 4.93. The van der Waals surface area contributed by atoms with Crippen molar-refractivity contribution in [2.24, 2.45) is 0 Å². The largest absolute Gasteiger partial charge is 0.485 e. The van der Waals surface area contributed by atoms with Crippen molar-refractivity contribution in [3.05, 3.63) is 154 Å². The van der Waals surface area contributed by atoms with Crippen molar-refractivity contribution in [3.63, 3.8) is 0 Å². The first-order valence-corrected chi connectivity index (χ1v) is 12.6. The first-order valence-electron chi connectivity index (χ1n) is 12.6. The third-order valence-corrected chi connectivity index (χ3v) is 6.82. The summed E-state index contributed by atoms with van der Waals surface area (Å²) in [4.78, 5) is 0. The smallest absolute Gasteiger partial charge is 0.169 e. The summed E-state index contributed by atoms with van der Waals surface area (Å²) < 4.78 is 26.2. The lowest BCUT2D eigenvalue weighted by Gasteiger charge is -2.18. The van der Waals surface area contributed by atoms with Crippen LogP contribution in [-0.4, -0.2) is 0 Å². The molecule has 0 unspecified atom stereocenters. The Balaban J connectivity index is 1.36. The Bertz CT molecular complexity index is 1510. The van der Waals surface area contributed by atoms with Gasteiger partial charge < -0.3 is 9.47 Å². The number of fused-ring (bicyclic) bond motifs is 3. The summed E-state index contributed by atoms with van der Waals surface area (Å²) in [6.45, 7) is 0.933. The van der Waals surface area contributed by atoms with E-state index < -0.39 is 0 Å². The number of hydrogen-bond donors (Lipinski definition) is 0. The maximum atomic E-state index is 13.4. The Hall–Kier alpha value is -4.37. The van der Waals surface area contributed by atoms with E-state index in [0.29, 0.717) is 13.2 Å². The molecule has 0 N–H and O–H groups in total. The number of rotatable bonds is 8. The van der Waals surface area contributed by atoms with Crippen LogP contribution in [0, 0.1) is 5.82 Å². The molecule has 1 aliphatic carbocycles. The molecule has 182 valence electrons. The predicted octanol–water partition coefficient (Wildman–Crippen LogP) is 8.15.